The lowest BCUT2D eigenvalue weighted by atomic mass is 9.43. The van der Waals surface area contributed by atoms with Crippen LogP contribution in [0.4, 0.5) is 0 Å². The zero-order valence-corrected chi connectivity index (χ0v) is 26.8. The van der Waals surface area contributed by atoms with Crippen LogP contribution in [0.2, 0.25) is 0 Å². The first-order valence-electron chi connectivity index (χ1n) is 16.2. The van der Waals surface area contributed by atoms with Gasteiger partial charge >= 0.3 is 16.4 Å². The number of carbonyl (C=O) groups is 2. The molecule has 0 unspecified atom stereocenters. The van der Waals surface area contributed by atoms with Crippen LogP contribution in [0.25, 0.3) is 0 Å². The van der Waals surface area contributed by atoms with Gasteiger partial charge in [-0.3, -0.25) is 9.35 Å². The Labute approximate surface area is 252 Å². The number of Topliss-reactive ketones (excluding diaryl/α,β-unsaturated/α-hetero) is 1. The molecule has 4 aliphatic carbocycles. The average Bonchev–Trinajstić information content (AvgIpc) is 3.28. The van der Waals surface area contributed by atoms with Crippen molar-refractivity contribution < 1.29 is 31.5 Å². The maximum Gasteiger partial charge on any atom is 0.397 e. The second kappa shape index (κ2) is 12.0. The summed E-state index contributed by atoms with van der Waals surface area (Å²) in [7, 11) is -4.50. The Kier molecular flexibility index (Phi) is 9.01. The minimum absolute atomic E-state index is 0.0279. The summed E-state index contributed by atoms with van der Waals surface area (Å²) in [6, 6.07) is 9.25. The third-order valence-electron chi connectivity index (χ3n) is 12.4. The third kappa shape index (κ3) is 6.10. The molecule has 1 aromatic carbocycles. The zero-order chi connectivity index (χ0) is 30.4. The molecule has 4 aliphatic rings. The lowest BCUT2D eigenvalue weighted by Crippen LogP contribution is -2.59. The van der Waals surface area contributed by atoms with Gasteiger partial charge in [0.1, 0.15) is 11.9 Å². The van der Waals surface area contributed by atoms with Crippen LogP contribution in [0.1, 0.15) is 109 Å². The first-order valence-corrected chi connectivity index (χ1v) is 17.5. The van der Waals surface area contributed by atoms with E-state index in [1.165, 1.54) is 0 Å². The molecule has 0 spiro atoms. The normalized spacial score (nSPS) is 37.8. The van der Waals surface area contributed by atoms with Gasteiger partial charge in [0.15, 0.2) is 0 Å². The summed E-state index contributed by atoms with van der Waals surface area (Å²) >= 11 is 0. The van der Waals surface area contributed by atoms with Gasteiger partial charge in [0, 0.05) is 18.8 Å². The average molecular weight is 603 g/mol. The van der Waals surface area contributed by atoms with Crippen molar-refractivity contribution >= 4 is 22.2 Å². The first kappa shape index (κ1) is 31.6. The molecule has 8 heteroatoms. The van der Waals surface area contributed by atoms with Gasteiger partial charge in [-0.2, -0.15) is 8.42 Å². The Balaban J connectivity index is 1.38. The molecule has 7 nitrogen and oxygen atoms in total. The standard InChI is InChI=1S/C34H50O7S/c1-21(2)29(41-42(37,38)39)14-11-22(3)26-12-13-27-31-28(16-18-34(26,27)5)33(4)17-15-25(35)19-24(33)20-30(31)40-32(36)23-9-7-6-8-10-23/h6-10,21-22,24,26-31H,11-20H2,1-5H3,(H,37,38,39)/t22-,24-,26-,27+,28+,29-,30-,31+,33+,34-/m1/s1. The van der Waals surface area contributed by atoms with Gasteiger partial charge in [0.05, 0.1) is 11.7 Å². The largest absolute Gasteiger partial charge is 0.458 e. The Morgan fingerprint density at radius 1 is 1.00 bits per heavy atom. The van der Waals surface area contributed by atoms with E-state index in [9.17, 15) is 22.6 Å². The summed E-state index contributed by atoms with van der Waals surface area (Å²) in [5.41, 5.74) is 0.769. The monoisotopic (exact) mass is 602 g/mol. The molecule has 4 fully saturated rings. The zero-order valence-electron chi connectivity index (χ0n) is 26.0. The fraction of sp³-hybridized carbons (Fsp3) is 0.765. The minimum atomic E-state index is -4.50. The Morgan fingerprint density at radius 3 is 2.36 bits per heavy atom. The maximum absolute atomic E-state index is 13.4. The summed E-state index contributed by atoms with van der Waals surface area (Å²) in [5, 5.41) is 0. The molecule has 0 saturated heterocycles. The SMILES string of the molecule is CC(C)[C@@H](CC[C@@H](C)[C@H]1CC[C@H]2[C@@H]3[C@H](OC(=O)c4ccccc4)C[C@H]4CC(=O)CC[C@]4(C)[C@H]3CC[C@]12C)OS(=O)(=O)O. The molecule has 4 saturated carbocycles. The highest BCUT2D eigenvalue weighted by molar-refractivity contribution is 7.80. The molecule has 5 rings (SSSR count). The van der Waals surface area contributed by atoms with Gasteiger partial charge in [-0.05, 0) is 110 Å². The molecule has 0 amide bonds. The number of ether oxygens (including phenoxy) is 1. The highest BCUT2D eigenvalue weighted by atomic mass is 32.3. The van der Waals surface area contributed by atoms with Gasteiger partial charge < -0.3 is 4.74 Å². The fourth-order valence-corrected chi connectivity index (χ4v) is 10.8. The second-order valence-corrected chi connectivity index (χ2v) is 15.9. The highest BCUT2D eigenvalue weighted by Crippen LogP contribution is 2.68. The smallest absolute Gasteiger partial charge is 0.397 e. The van der Waals surface area contributed by atoms with E-state index in [2.05, 4.69) is 20.8 Å². The van der Waals surface area contributed by atoms with Crippen molar-refractivity contribution in [2.24, 2.45) is 52.3 Å². The van der Waals surface area contributed by atoms with Gasteiger partial charge in [-0.15, -0.1) is 0 Å². The van der Waals surface area contributed by atoms with E-state index in [0.717, 1.165) is 44.9 Å². The van der Waals surface area contributed by atoms with E-state index in [1.807, 2.05) is 44.2 Å². The van der Waals surface area contributed by atoms with Crippen molar-refractivity contribution in [2.45, 2.75) is 111 Å². The van der Waals surface area contributed by atoms with Crippen LogP contribution in [0.5, 0.6) is 0 Å². The number of benzene rings is 1. The topological polar surface area (TPSA) is 107 Å². The van der Waals surface area contributed by atoms with Crippen LogP contribution in [0.3, 0.4) is 0 Å². The molecule has 0 radical (unpaired) electrons. The van der Waals surface area contributed by atoms with E-state index in [1.54, 1.807) is 0 Å². The highest BCUT2D eigenvalue weighted by Gasteiger charge is 2.63. The molecule has 234 valence electrons. The summed E-state index contributed by atoms with van der Waals surface area (Å²) in [5.74, 6) is 2.29. The third-order valence-corrected chi connectivity index (χ3v) is 12.9. The fourth-order valence-electron chi connectivity index (χ4n) is 10.1. The van der Waals surface area contributed by atoms with Gasteiger partial charge in [-0.25, -0.2) is 8.98 Å². The minimum Gasteiger partial charge on any atom is -0.458 e. The van der Waals surface area contributed by atoms with Gasteiger partial charge in [-0.1, -0.05) is 52.8 Å². The predicted octanol–water partition coefficient (Wildman–Crippen LogP) is 7.31. The van der Waals surface area contributed by atoms with Crippen LogP contribution < -0.4 is 0 Å². The van der Waals surface area contributed by atoms with E-state index in [0.29, 0.717) is 54.3 Å². The van der Waals surface area contributed by atoms with Crippen LogP contribution in [-0.2, 0) is 24.1 Å². The van der Waals surface area contributed by atoms with Crippen molar-refractivity contribution in [3.63, 3.8) is 0 Å². The van der Waals surface area contributed by atoms with Crippen LogP contribution in [0.15, 0.2) is 30.3 Å². The molecule has 0 heterocycles. The van der Waals surface area contributed by atoms with Crippen molar-refractivity contribution in [3.05, 3.63) is 35.9 Å². The molecule has 0 bridgehead atoms. The molecular weight excluding hydrogens is 552 g/mol. The van der Waals surface area contributed by atoms with E-state index in [4.69, 9.17) is 8.92 Å². The quantitative estimate of drug-likeness (QED) is 0.233. The van der Waals surface area contributed by atoms with E-state index < -0.39 is 16.5 Å². The number of esters is 1. The van der Waals surface area contributed by atoms with Gasteiger partial charge in [0.2, 0.25) is 0 Å². The Hall–Kier alpha value is -1.77. The van der Waals surface area contributed by atoms with Crippen LogP contribution in [-0.4, -0.2) is 36.9 Å². The second-order valence-electron chi connectivity index (χ2n) is 14.9. The summed E-state index contributed by atoms with van der Waals surface area (Å²) in [6.07, 6.45) is 8.03. The van der Waals surface area contributed by atoms with Crippen LogP contribution >= 0.6 is 0 Å². The van der Waals surface area contributed by atoms with Crippen molar-refractivity contribution in [1.29, 1.82) is 0 Å². The lowest BCUT2D eigenvalue weighted by Gasteiger charge is -2.62. The number of ketones is 1. The molecule has 42 heavy (non-hydrogen) atoms. The number of hydrogen-bond donors (Lipinski definition) is 1. The molecular formula is C34H50O7S. The summed E-state index contributed by atoms with van der Waals surface area (Å²) < 4.78 is 43.6. The molecule has 1 aromatic rings. The molecule has 10 atom stereocenters. The number of hydrogen-bond acceptors (Lipinski definition) is 6. The van der Waals surface area contributed by atoms with E-state index in [-0.39, 0.29) is 40.7 Å². The lowest BCUT2D eigenvalue weighted by molar-refractivity contribution is -0.170. The Morgan fingerprint density at radius 2 is 1.69 bits per heavy atom. The van der Waals surface area contributed by atoms with Crippen molar-refractivity contribution in [2.75, 3.05) is 0 Å². The molecule has 1 N–H and O–H groups in total. The van der Waals surface area contributed by atoms with Crippen molar-refractivity contribution in [3.8, 4) is 0 Å². The predicted molar refractivity (Wildman–Crippen MR) is 161 cm³/mol. The maximum atomic E-state index is 13.4. The number of carbonyl (C=O) groups excluding carboxylic acids is 2. The summed E-state index contributed by atoms with van der Waals surface area (Å²) in [4.78, 5) is 26.0. The van der Waals surface area contributed by atoms with Crippen LogP contribution in [0, 0.1) is 52.3 Å². The van der Waals surface area contributed by atoms with Crippen molar-refractivity contribution in [1.82, 2.24) is 0 Å². The Bertz CT molecular complexity index is 1250. The van der Waals surface area contributed by atoms with E-state index >= 15 is 0 Å². The first-order chi connectivity index (χ1) is 19.7. The van der Waals surface area contributed by atoms with Gasteiger partial charge in [0.25, 0.3) is 0 Å². The molecule has 0 aliphatic heterocycles. The summed E-state index contributed by atoms with van der Waals surface area (Å²) in [6.45, 7) is 11.0. The number of fused-ring (bicyclic) bond motifs is 5. The number of rotatable bonds is 9. The molecule has 0 aromatic heterocycles.